The van der Waals surface area contributed by atoms with Crippen LogP contribution in [0.5, 0.6) is 0 Å². The molecule has 8 nitrogen and oxygen atoms in total. The average Bonchev–Trinajstić information content (AvgIpc) is 3.09. The molecular weight excluding hydrogens is 378 g/mol. The molecule has 0 aliphatic carbocycles. The van der Waals surface area contributed by atoms with Crippen LogP contribution in [0.2, 0.25) is 0 Å². The van der Waals surface area contributed by atoms with E-state index in [4.69, 9.17) is 9.73 Å². The summed E-state index contributed by atoms with van der Waals surface area (Å²) in [7, 11) is 3.73. The van der Waals surface area contributed by atoms with Gasteiger partial charge in [-0.1, -0.05) is 30.3 Å². The number of hydrogen-bond acceptors (Lipinski definition) is 5. The van der Waals surface area contributed by atoms with Crippen LogP contribution < -0.4 is 10.6 Å². The summed E-state index contributed by atoms with van der Waals surface area (Å²) in [5, 5.41) is 15.6. The van der Waals surface area contributed by atoms with Crippen molar-refractivity contribution in [2.45, 2.75) is 45.3 Å². The third kappa shape index (κ3) is 6.27. The van der Waals surface area contributed by atoms with E-state index < -0.39 is 0 Å². The van der Waals surface area contributed by atoms with Crippen LogP contribution in [0.3, 0.4) is 0 Å². The molecule has 0 amide bonds. The summed E-state index contributed by atoms with van der Waals surface area (Å²) in [6.45, 7) is 8.53. The van der Waals surface area contributed by atoms with Gasteiger partial charge in [-0.15, -0.1) is 10.2 Å². The molecule has 1 atom stereocenters. The Morgan fingerprint density at radius 3 is 2.60 bits per heavy atom. The van der Waals surface area contributed by atoms with Gasteiger partial charge in [-0.25, -0.2) is 4.99 Å². The van der Waals surface area contributed by atoms with Crippen molar-refractivity contribution in [1.29, 1.82) is 0 Å². The maximum Gasteiger partial charge on any atom is 0.192 e. The van der Waals surface area contributed by atoms with Crippen molar-refractivity contribution < 1.29 is 4.74 Å². The number of rotatable bonds is 8. The fourth-order valence-corrected chi connectivity index (χ4v) is 3.62. The molecule has 0 saturated carbocycles. The zero-order valence-corrected chi connectivity index (χ0v) is 18.6. The van der Waals surface area contributed by atoms with Gasteiger partial charge in [-0.3, -0.25) is 0 Å². The predicted octanol–water partition coefficient (Wildman–Crippen LogP) is 2.03. The average molecular weight is 414 g/mol. The Bertz CT molecular complexity index is 797. The molecule has 1 aliphatic rings. The van der Waals surface area contributed by atoms with Gasteiger partial charge in [0, 0.05) is 39.8 Å². The summed E-state index contributed by atoms with van der Waals surface area (Å²) < 4.78 is 7.19. The molecular formula is C22H35N7O. The first-order valence-corrected chi connectivity index (χ1v) is 10.8. The van der Waals surface area contributed by atoms with E-state index >= 15 is 0 Å². The van der Waals surface area contributed by atoms with Gasteiger partial charge in [-0.05, 0) is 32.3 Å². The monoisotopic (exact) mass is 413 g/mol. The quantitative estimate of drug-likeness (QED) is 0.509. The summed E-state index contributed by atoms with van der Waals surface area (Å²) in [6, 6.07) is 11.0. The van der Waals surface area contributed by atoms with Crippen molar-refractivity contribution in [1.82, 2.24) is 30.3 Å². The highest BCUT2D eigenvalue weighted by atomic mass is 16.5. The lowest BCUT2D eigenvalue weighted by atomic mass is 10.1. The Morgan fingerprint density at radius 2 is 1.97 bits per heavy atom. The number of piperidine rings is 1. The van der Waals surface area contributed by atoms with Crippen LogP contribution in [-0.4, -0.2) is 65.0 Å². The van der Waals surface area contributed by atoms with Gasteiger partial charge >= 0.3 is 0 Å². The van der Waals surface area contributed by atoms with E-state index in [1.165, 1.54) is 5.56 Å². The third-order valence-corrected chi connectivity index (χ3v) is 5.75. The van der Waals surface area contributed by atoms with Crippen LogP contribution in [0.25, 0.3) is 0 Å². The van der Waals surface area contributed by atoms with Crippen molar-refractivity contribution >= 4 is 5.96 Å². The van der Waals surface area contributed by atoms with E-state index in [0.29, 0.717) is 12.6 Å². The number of benzene rings is 1. The molecule has 2 heterocycles. The van der Waals surface area contributed by atoms with E-state index in [2.05, 4.69) is 56.9 Å². The van der Waals surface area contributed by atoms with Gasteiger partial charge < -0.3 is 24.8 Å². The van der Waals surface area contributed by atoms with Gasteiger partial charge in [0.1, 0.15) is 12.4 Å². The standard InChI is InChI=1S/C22H35N7O/c1-17(19-8-6-5-7-9-19)24-22(23-16-21-27-26-18(2)28(21)3)25-20-10-12-29(13-11-20)14-15-30-4/h5-9,17,20H,10-16H2,1-4H3,(H2,23,24,25). The number of hydrogen-bond donors (Lipinski definition) is 2. The molecule has 2 N–H and O–H groups in total. The second-order valence-corrected chi connectivity index (χ2v) is 7.92. The zero-order valence-electron chi connectivity index (χ0n) is 18.6. The third-order valence-electron chi connectivity index (χ3n) is 5.75. The molecule has 3 rings (SSSR count). The Kier molecular flexibility index (Phi) is 8.21. The number of nitrogens with one attached hydrogen (secondary N) is 2. The SMILES string of the molecule is COCCN1CCC(NC(=NCc2nnc(C)n2C)NC(C)c2ccccc2)CC1. The van der Waals surface area contributed by atoms with E-state index in [0.717, 1.165) is 56.7 Å². The van der Waals surface area contributed by atoms with Crippen LogP contribution in [0, 0.1) is 6.92 Å². The highest BCUT2D eigenvalue weighted by Crippen LogP contribution is 2.13. The van der Waals surface area contributed by atoms with Gasteiger partial charge in [0.05, 0.1) is 12.6 Å². The van der Waals surface area contributed by atoms with Crippen molar-refractivity contribution in [2.75, 3.05) is 33.4 Å². The lowest BCUT2D eigenvalue weighted by Crippen LogP contribution is -2.49. The van der Waals surface area contributed by atoms with Gasteiger partial charge in [0.2, 0.25) is 0 Å². The number of nitrogens with zero attached hydrogens (tertiary/aromatic N) is 5. The maximum absolute atomic E-state index is 5.21. The van der Waals surface area contributed by atoms with Crippen molar-refractivity contribution in [2.24, 2.45) is 12.0 Å². The summed E-state index contributed by atoms with van der Waals surface area (Å²) in [6.07, 6.45) is 2.18. The molecule has 1 unspecified atom stereocenters. The van der Waals surface area contributed by atoms with Gasteiger partial charge in [-0.2, -0.15) is 0 Å². The number of likely N-dealkylation sites (tertiary alicyclic amines) is 1. The summed E-state index contributed by atoms with van der Waals surface area (Å²) in [5.41, 5.74) is 1.23. The fraction of sp³-hybridized carbons (Fsp3) is 0.591. The first kappa shape index (κ1) is 22.2. The Labute approximate surface area is 179 Å². The fourth-order valence-electron chi connectivity index (χ4n) is 3.62. The molecule has 1 aromatic carbocycles. The topological polar surface area (TPSA) is 79.6 Å². The first-order valence-electron chi connectivity index (χ1n) is 10.8. The molecule has 0 radical (unpaired) electrons. The van der Waals surface area contributed by atoms with E-state index in [-0.39, 0.29) is 6.04 Å². The zero-order chi connectivity index (χ0) is 21.3. The minimum Gasteiger partial charge on any atom is -0.383 e. The molecule has 1 aromatic heterocycles. The molecule has 8 heteroatoms. The van der Waals surface area contributed by atoms with Crippen LogP contribution in [-0.2, 0) is 18.3 Å². The van der Waals surface area contributed by atoms with Crippen LogP contribution in [0.1, 0.15) is 43.0 Å². The maximum atomic E-state index is 5.21. The van der Waals surface area contributed by atoms with E-state index in [1.807, 2.05) is 24.6 Å². The minimum atomic E-state index is 0.153. The van der Waals surface area contributed by atoms with Crippen molar-refractivity contribution in [3.63, 3.8) is 0 Å². The van der Waals surface area contributed by atoms with Crippen molar-refractivity contribution in [3.8, 4) is 0 Å². The van der Waals surface area contributed by atoms with Gasteiger partial charge in [0.25, 0.3) is 0 Å². The molecule has 2 aromatic rings. The Balaban J connectivity index is 1.64. The van der Waals surface area contributed by atoms with Crippen LogP contribution in [0.4, 0.5) is 0 Å². The largest absolute Gasteiger partial charge is 0.383 e. The lowest BCUT2D eigenvalue weighted by molar-refractivity contribution is 0.128. The second kappa shape index (κ2) is 11.1. The summed E-state index contributed by atoms with van der Waals surface area (Å²) in [5.74, 6) is 2.57. The number of guanidine groups is 1. The van der Waals surface area contributed by atoms with Gasteiger partial charge in [0.15, 0.2) is 11.8 Å². The molecule has 0 spiro atoms. The van der Waals surface area contributed by atoms with Crippen LogP contribution in [0.15, 0.2) is 35.3 Å². The van der Waals surface area contributed by atoms with Crippen LogP contribution >= 0.6 is 0 Å². The number of ether oxygens (including phenoxy) is 1. The second-order valence-electron chi connectivity index (χ2n) is 7.92. The summed E-state index contributed by atoms with van der Waals surface area (Å²) in [4.78, 5) is 7.29. The molecule has 0 bridgehead atoms. The molecule has 1 aliphatic heterocycles. The van der Waals surface area contributed by atoms with Crippen molar-refractivity contribution in [3.05, 3.63) is 47.5 Å². The van der Waals surface area contributed by atoms with E-state index in [1.54, 1.807) is 7.11 Å². The van der Waals surface area contributed by atoms with E-state index in [9.17, 15) is 0 Å². The Morgan fingerprint density at radius 1 is 1.23 bits per heavy atom. The molecule has 164 valence electrons. The first-order chi connectivity index (χ1) is 14.6. The summed E-state index contributed by atoms with van der Waals surface area (Å²) >= 11 is 0. The number of aliphatic imine (C=N–C) groups is 1. The number of aromatic nitrogens is 3. The molecule has 1 fully saturated rings. The smallest absolute Gasteiger partial charge is 0.192 e. The molecule has 30 heavy (non-hydrogen) atoms. The predicted molar refractivity (Wildman–Crippen MR) is 119 cm³/mol. The normalized spacial score (nSPS) is 17.1. The number of methoxy groups -OCH3 is 1. The highest BCUT2D eigenvalue weighted by molar-refractivity contribution is 5.80. The highest BCUT2D eigenvalue weighted by Gasteiger charge is 2.20. The number of aryl methyl sites for hydroxylation is 1. The lowest BCUT2D eigenvalue weighted by Gasteiger charge is -2.33. The Hall–Kier alpha value is -2.45. The molecule has 1 saturated heterocycles. The minimum absolute atomic E-state index is 0.153.